The Hall–Kier alpha value is -1.23. The van der Waals surface area contributed by atoms with E-state index in [9.17, 15) is 0 Å². The molecule has 0 spiro atoms. The summed E-state index contributed by atoms with van der Waals surface area (Å²) in [7, 11) is 0. The van der Waals surface area contributed by atoms with Crippen LogP contribution in [0.1, 0.15) is 39.5 Å². The van der Waals surface area contributed by atoms with Crippen LogP contribution >= 0.6 is 0 Å². The Bertz CT molecular complexity index is 233. The van der Waals surface area contributed by atoms with Gasteiger partial charge in [0.05, 0.1) is 11.8 Å². The fourth-order valence-electron chi connectivity index (χ4n) is 0.929. The summed E-state index contributed by atoms with van der Waals surface area (Å²) in [6, 6.07) is 2.14. The molecule has 0 amide bonds. The zero-order chi connectivity index (χ0) is 10.1. The van der Waals surface area contributed by atoms with Gasteiger partial charge in [0.1, 0.15) is 0 Å². The maximum Gasteiger partial charge on any atom is 0.0943 e. The summed E-state index contributed by atoms with van der Waals surface area (Å²) in [6.07, 6.45) is 6.82. The van der Waals surface area contributed by atoms with Crippen molar-refractivity contribution in [2.45, 2.75) is 39.5 Å². The molecule has 0 fully saturated rings. The SMILES string of the molecule is C/C=C(/O)CC/C(C#N)=C\CCC. The predicted octanol–water partition coefficient (Wildman–Crippen LogP) is 3.48. The van der Waals surface area contributed by atoms with Crippen LogP contribution in [0.5, 0.6) is 0 Å². The van der Waals surface area contributed by atoms with Crippen molar-refractivity contribution in [2.75, 3.05) is 0 Å². The summed E-state index contributed by atoms with van der Waals surface area (Å²) in [5.74, 6) is 0.359. The Morgan fingerprint density at radius 3 is 2.62 bits per heavy atom. The second-order valence-corrected chi connectivity index (χ2v) is 2.91. The molecule has 0 aromatic heterocycles. The first kappa shape index (κ1) is 11.8. The first-order valence-electron chi connectivity index (χ1n) is 4.67. The second kappa shape index (κ2) is 7.42. The van der Waals surface area contributed by atoms with Crippen LogP contribution in [0, 0.1) is 11.3 Å². The van der Waals surface area contributed by atoms with Gasteiger partial charge < -0.3 is 5.11 Å². The van der Waals surface area contributed by atoms with Crippen LogP contribution in [-0.4, -0.2) is 5.11 Å². The third-order valence-corrected chi connectivity index (χ3v) is 1.81. The van der Waals surface area contributed by atoms with Gasteiger partial charge in [-0.1, -0.05) is 19.4 Å². The molecule has 0 saturated carbocycles. The third-order valence-electron chi connectivity index (χ3n) is 1.81. The fourth-order valence-corrected chi connectivity index (χ4v) is 0.929. The summed E-state index contributed by atoms with van der Waals surface area (Å²) >= 11 is 0. The van der Waals surface area contributed by atoms with Gasteiger partial charge in [0.15, 0.2) is 0 Å². The lowest BCUT2D eigenvalue weighted by Gasteiger charge is -1.98. The molecule has 72 valence electrons. The molecule has 0 aromatic carbocycles. The summed E-state index contributed by atoms with van der Waals surface area (Å²) in [5, 5.41) is 17.9. The van der Waals surface area contributed by atoms with E-state index in [1.807, 2.05) is 6.08 Å². The molecular weight excluding hydrogens is 162 g/mol. The van der Waals surface area contributed by atoms with E-state index in [1.54, 1.807) is 13.0 Å². The Morgan fingerprint density at radius 1 is 1.46 bits per heavy atom. The molecule has 0 radical (unpaired) electrons. The van der Waals surface area contributed by atoms with Crippen molar-refractivity contribution < 1.29 is 5.11 Å². The van der Waals surface area contributed by atoms with Crippen LogP contribution < -0.4 is 0 Å². The molecule has 0 rings (SSSR count). The molecule has 0 aliphatic carbocycles. The number of nitrogens with zero attached hydrogens (tertiary/aromatic N) is 1. The van der Waals surface area contributed by atoms with Gasteiger partial charge >= 0.3 is 0 Å². The number of allylic oxidation sites excluding steroid dienone is 4. The number of unbranched alkanes of at least 4 members (excludes halogenated alkanes) is 1. The van der Waals surface area contributed by atoms with Crippen LogP contribution in [0.15, 0.2) is 23.5 Å². The average molecular weight is 179 g/mol. The van der Waals surface area contributed by atoms with Gasteiger partial charge in [-0.05, 0) is 25.8 Å². The van der Waals surface area contributed by atoms with Gasteiger partial charge in [0, 0.05) is 12.0 Å². The zero-order valence-electron chi connectivity index (χ0n) is 8.38. The zero-order valence-corrected chi connectivity index (χ0v) is 8.38. The van der Waals surface area contributed by atoms with Gasteiger partial charge in [0.2, 0.25) is 0 Å². The van der Waals surface area contributed by atoms with E-state index in [4.69, 9.17) is 10.4 Å². The Labute approximate surface area is 80.2 Å². The van der Waals surface area contributed by atoms with E-state index in [0.717, 1.165) is 18.4 Å². The van der Waals surface area contributed by atoms with Crippen molar-refractivity contribution in [2.24, 2.45) is 0 Å². The van der Waals surface area contributed by atoms with Crippen molar-refractivity contribution in [1.29, 1.82) is 5.26 Å². The largest absolute Gasteiger partial charge is 0.513 e. The van der Waals surface area contributed by atoms with Crippen LogP contribution in [0.3, 0.4) is 0 Å². The highest BCUT2D eigenvalue weighted by molar-refractivity contribution is 5.21. The number of hydrogen-bond acceptors (Lipinski definition) is 2. The number of aliphatic hydroxyl groups is 1. The molecule has 0 aliphatic heterocycles. The smallest absolute Gasteiger partial charge is 0.0943 e. The minimum Gasteiger partial charge on any atom is -0.513 e. The minimum absolute atomic E-state index is 0.359. The van der Waals surface area contributed by atoms with Crippen LogP contribution in [-0.2, 0) is 0 Å². The van der Waals surface area contributed by atoms with Crippen LogP contribution in [0.4, 0.5) is 0 Å². The summed E-state index contributed by atoms with van der Waals surface area (Å²) in [5.41, 5.74) is 0.773. The van der Waals surface area contributed by atoms with Crippen molar-refractivity contribution in [3.8, 4) is 6.07 Å². The van der Waals surface area contributed by atoms with Gasteiger partial charge in [-0.15, -0.1) is 0 Å². The molecule has 0 saturated heterocycles. The summed E-state index contributed by atoms with van der Waals surface area (Å²) in [6.45, 7) is 3.87. The molecule has 0 unspecified atom stereocenters. The highest BCUT2D eigenvalue weighted by Gasteiger charge is 1.97. The van der Waals surface area contributed by atoms with E-state index in [-0.39, 0.29) is 0 Å². The molecular formula is C11H17NO. The first-order chi connectivity index (χ1) is 6.24. The van der Waals surface area contributed by atoms with E-state index in [1.165, 1.54) is 0 Å². The highest BCUT2D eigenvalue weighted by atomic mass is 16.3. The van der Waals surface area contributed by atoms with E-state index >= 15 is 0 Å². The topological polar surface area (TPSA) is 44.0 Å². The molecule has 0 bridgehead atoms. The maximum atomic E-state index is 9.15. The minimum atomic E-state index is 0.359. The first-order valence-corrected chi connectivity index (χ1v) is 4.67. The van der Waals surface area contributed by atoms with Crippen LogP contribution in [0.25, 0.3) is 0 Å². The van der Waals surface area contributed by atoms with Crippen LogP contribution in [0.2, 0.25) is 0 Å². The van der Waals surface area contributed by atoms with Gasteiger partial charge in [-0.2, -0.15) is 5.26 Å². The quantitative estimate of drug-likeness (QED) is 0.518. The van der Waals surface area contributed by atoms with Gasteiger partial charge in [-0.25, -0.2) is 0 Å². The van der Waals surface area contributed by atoms with Crippen molar-refractivity contribution >= 4 is 0 Å². The Morgan fingerprint density at radius 2 is 2.15 bits per heavy atom. The molecule has 2 nitrogen and oxygen atoms in total. The lowest BCUT2D eigenvalue weighted by atomic mass is 10.1. The van der Waals surface area contributed by atoms with Gasteiger partial charge in [-0.3, -0.25) is 0 Å². The summed E-state index contributed by atoms with van der Waals surface area (Å²) in [4.78, 5) is 0. The highest BCUT2D eigenvalue weighted by Crippen LogP contribution is 2.10. The molecule has 0 heterocycles. The average Bonchev–Trinajstić information content (AvgIpc) is 2.17. The molecule has 0 atom stereocenters. The summed E-state index contributed by atoms with van der Waals surface area (Å²) < 4.78 is 0. The fraction of sp³-hybridized carbons (Fsp3) is 0.545. The number of hydrogen-bond donors (Lipinski definition) is 1. The molecule has 13 heavy (non-hydrogen) atoms. The molecule has 2 heteroatoms. The van der Waals surface area contributed by atoms with E-state index in [2.05, 4.69) is 13.0 Å². The molecule has 1 N–H and O–H groups in total. The number of aliphatic hydroxyl groups excluding tert-OH is 1. The predicted molar refractivity (Wildman–Crippen MR) is 54.2 cm³/mol. The molecule has 0 aromatic rings. The normalized spacial score (nSPS) is 12.7. The lowest BCUT2D eigenvalue weighted by Crippen LogP contribution is -1.84. The van der Waals surface area contributed by atoms with E-state index < -0.39 is 0 Å². The maximum absolute atomic E-state index is 9.15. The molecule has 0 aliphatic rings. The van der Waals surface area contributed by atoms with Crippen molar-refractivity contribution in [3.05, 3.63) is 23.5 Å². The second-order valence-electron chi connectivity index (χ2n) is 2.91. The lowest BCUT2D eigenvalue weighted by molar-refractivity contribution is 0.387. The Kier molecular flexibility index (Phi) is 6.72. The number of nitriles is 1. The Balaban J connectivity index is 3.94. The van der Waals surface area contributed by atoms with E-state index in [0.29, 0.717) is 18.6 Å². The standard InChI is InChI=1S/C11H17NO/c1-3-5-6-10(9-12)7-8-11(13)4-2/h4,6,13H,3,5,7-8H2,1-2H3/b10-6+,11-4+. The number of rotatable bonds is 5. The third kappa shape index (κ3) is 5.98. The van der Waals surface area contributed by atoms with Crippen molar-refractivity contribution in [3.63, 3.8) is 0 Å². The van der Waals surface area contributed by atoms with Crippen molar-refractivity contribution in [1.82, 2.24) is 0 Å². The van der Waals surface area contributed by atoms with Gasteiger partial charge in [0.25, 0.3) is 0 Å². The monoisotopic (exact) mass is 179 g/mol.